The molecule has 0 bridgehead atoms. The van der Waals surface area contributed by atoms with Gasteiger partial charge in [0.1, 0.15) is 0 Å². The minimum atomic E-state index is -0.107. The Morgan fingerprint density at radius 2 is 2.23 bits per heavy atom. The van der Waals surface area contributed by atoms with E-state index in [9.17, 15) is 4.79 Å². The molecule has 0 aromatic heterocycles. The van der Waals surface area contributed by atoms with Crippen molar-refractivity contribution in [1.29, 1.82) is 0 Å². The summed E-state index contributed by atoms with van der Waals surface area (Å²) in [5.74, 6) is 4.99. The summed E-state index contributed by atoms with van der Waals surface area (Å²) in [6.07, 6.45) is 0.781. The predicted molar refractivity (Wildman–Crippen MR) is 48.8 cm³/mol. The van der Waals surface area contributed by atoms with Crippen LogP contribution in [0.5, 0.6) is 0 Å². The summed E-state index contributed by atoms with van der Waals surface area (Å²) in [6.45, 7) is 5.01. The molecule has 1 saturated heterocycles. The first-order valence-corrected chi connectivity index (χ1v) is 4.61. The first-order valence-electron chi connectivity index (χ1n) is 4.61. The second-order valence-corrected chi connectivity index (χ2v) is 3.08. The number of hydrogen-bond acceptors (Lipinski definition) is 4. The van der Waals surface area contributed by atoms with E-state index >= 15 is 0 Å². The standard InChI is InChI=1S/C8H17N3O2/c1-2-7(8(12)10-9)11-3-5-13-6-4-11/h7H,2-6,9H2,1H3,(H,10,12)/t7-/m1/s1. The van der Waals surface area contributed by atoms with Crippen molar-refractivity contribution in [1.82, 2.24) is 10.3 Å². The predicted octanol–water partition coefficient (Wildman–Crippen LogP) is -0.913. The molecule has 1 heterocycles. The van der Waals surface area contributed by atoms with Crippen molar-refractivity contribution in [2.24, 2.45) is 5.84 Å². The second-order valence-electron chi connectivity index (χ2n) is 3.08. The molecule has 1 atom stereocenters. The van der Waals surface area contributed by atoms with Gasteiger partial charge in [0.15, 0.2) is 0 Å². The maximum absolute atomic E-state index is 11.3. The molecule has 0 aromatic rings. The van der Waals surface area contributed by atoms with Gasteiger partial charge in [0, 0.05) is 13.1 Å². The molecule has 0 spiro atoms. The number of nitrogens with two attached hydrogens (primary N) is 1. The van der Waals surface area contributed by atoms with Crippen LogP contribution in [0.1, 0.15) is 13.3 Å². The van der Waals surface area contributed by atoms with Crippen molar-refractivity contribution in [3.05, 3.63) is 0 Å². The van der Waals surface area contributed by atoms with E-state index in [4.69, 9.17) is 10.6 Å². The first-order chi connectivity index (χ1) is 6.29. The van der Waals surface area contributed by atoms with Crippen LogP contribution in [0, 0.1) is 0 Å². The molecular weight excluding hydrogens is 170 g/mol. The van der Waals surface area contributed by atoms with Gasteiger partial charge in [0.05, 0.1) is 19.3 Å². The Kier molecular flexibility index (Phi) is 4.14. The lowest BCUT2D eigenvalue weighted by molar-refractivity contribution is -0.128. The minimum Gasteiger partial charge on any atom is -0.379 e. The molecule has 1 rings (SSSR count). The molecule has 76 valence electrons. The van der Waals surface area contributed by atoms with Gasteiger partial charge in [-0.2, -0.15) is 0 Å². The van der Waals surface area contributed by atoms with E-state index < -0.39 is 0 Å². The Balaban J connectivity index is 2.48. The van der Waals surface area contributed by atoms with Crippen LogP contribution in [0.4, 0.5) is 0 Å². The van der Waals surface area contributed by atoms with E-state index in [0.29, 0.717) is 13.2 Å². The number of carbonyl (C=O) groups is 1. The average molecular weight is 187 g/mol. The van der Waals surface area contributed by atoms with E-state index in [2.05, 4.69) is 10.3 Å². The maximum Gasteiger partial charge on any atom is 0.251 e. The van der Waals surface area contributed by atoms with Gasteiger partial charge in [-0.3, -0.25) is 15.1 Å². The molecule has 1 aliphatic heterocycles. The minimum absolute atomic E-state index is 0.103. The molecule has 1 amide bonds. The zero-order valence-corrected chi connectivity index (χ0v) is 7.95. The number of amides is 1. The van der Waals surface area contributed by atoms with E-state index in [0.717, 1.165) is 19.5 Å². The first kappa shape index (κ1) is 10.4. The molecular formula is C8H17N3O2. The van der Waals surface area contributed by atoms with Crippen molar-refractivity contribution < 1.29 is 9.53 Å². The van der Waals surface area contributed by atoms with Crippen molar-refractivity contribution in [3.8, 4) is 0 Å². The summed E-state index contributed by atoms with van der Waals surface area (Å²) >= 11 is 0. The Labute approximate surface area is 78.2 Å². The highest BCUT2D eigenvalue weighted by molar-refractivity contribution is 5.81. The summed E-state index contributed by atoms with van der Waals surface area (Å²) < 4.78 is 5.20. The largest absolute Gasteiger partial charge is 0.379 e. The highest BCUT2D eigenvalue weighted by Crippen LogP contribution is 2.06. The smallest absolute Gasteiger partial charge is 0.251 e. The number of carbonyl (C=O) groups excluding carboxylic acids is 1. The molecule has 0 saturated carbocycles. The molecule has 5 heteroatoms. The summed E-state index contributed by atoms with van der Waals surface area (Å²) in [5, 5.41) is 0. The quantitative estimate of drug-likeness (QED) is 0.341. The normalized spacial score (nSPS) is 21.1. The summed E-state index contributed by atoms with van der Waals surface area (Å²) in [6, 6.07) is -0.103. The third kappa shape index (κ3) is 2.65. The maximum atomic E-state index is 11.3. The van der Waals surface area contributed by atoms with Gasteiger partial charge in [-0.25, -0.2) is 5.84 Å². The lowest BCUT2D eigenvalue weighted by Crippen LogP contribution is -2.52. The van der Waals surface area contributed by atoms with Crippen LogP contribution in [0.25, 0.3) is 0 Å². The van der Waals surface area contributed by atoms with Crippen LogP contribution in [-0.2, 0) is 9.53 Å². The van der Waals surface area contributed by atoms with Crippen molar-refractivity contribution >= 4 is 5.91 Å². The fourth-order valence-electron chi connectivity index (χ4n) is 1.59. The molecule has 0 radical (unpaired) electrons. The van der Waals surface area contributed by atoms with Gasteiger partial charge in [-0.05, 0) is 6.42 Å². The zero-order valence-electron chi connectivity index (χ0n) is 7.95. The Morgan fingerprint density at radius 3 is 2.69 bits per heavy atom. The van der Waals surface area contributed by atoms with Crippen LogP contribution in [0.2, 0.25) is 0 Å². The third-order valence-corrected chi connectivity index (χ3v) is 2.32. The van der Waals surface area contributed by atoms with Crippen LogP contribution in [0.3, 0.4) is 0 Å². The second kappa shape index (κ2) is 5.16. The number of ether oxygens (including phenoxy) is 1. The SMILES string of the molecule is CC[C@H](C(=O)NN)N1CCOCC1. The van der Waals surface area contributed by atoms with Gasteiger partial charge >= 0.3 is 0 Å². The molecule has 3 N–H and O–H groups in total. The number of hydrazine groups is 1. The summed E-state index contributed by atoms with van der Waals surface area (Å²) in [4.78, 5) is 13.4. The van der Waals surface area contributed by atoms with Gasteiger partial charge in [0.2, 0.25) is 0 Å². The van der Waals surface area contributed by atoms with E-state index in [1.165, 1.54) is 0 Å². The molecule has 0 aromatic carbocycles. The number of nitrogens with one attached hydrogen (secondary N) is 1. The number of hydrogen-bond donors (Lipinski definition) is 2. The van der Waals surface area contributed by atoms with Crippen LogP contribution in [0.15, 0.2) is 0 Å². The Bertz CT molecular complexity index is 169. The molecule has 5 nitrogen and oxygen atoms in total. The fourth-order valence-corrected chi connectivity index (χ4v) is 1.59. The van der Waals surface area contributed by atoms with Crippen LogP contribution in [-0.4, -0.2) is 43.2 Å². The Hall–Kier alpha value is -0.650. The molecule has 1 fully saturated rings. The lowest BCUT2D eigenvalue weighted by Gasteiger charge is -2.32. The monoisotopic (exact) mass is 187 g/mol. The number of rotatable bonds is 3. The van der Waals surface area contributed by atoms with Crippen molar-refractivity contribution in [3.63, 3.8) is 0 Å². The lowest BCUT2D eigenvalue weighted by atomic mass is 10.1. The Morgan fingerprint density at radius 1 is 1.62 bits per heavy atom. The van der Waals surface area contributed by atoms with E-state index in [-0.39, 0.29) is 11.9 Å². The van der Waals surface area contributed by atoms with Gasteiger partial charge in [0.25, 0.3) is 5.91 Å². The van der Waals surface area contributed by atoms with Crippen molar-refractivity contribution in [2.75, 3.05) is 26.3 Å². The van der Waals surface area contributed by atoms with Crippen molar-refractivity contribution in [2.45, 2.75) is 19.4 Å². The van der Waals surface area contributed by atoms with Gasteiger partial charge < -0.3 is 4.74 Å². The molecule has 0 aliphatic carbocycles. The van der Waals surface area contributed by atoms with Crippen LogP contribution < -0.4 is 11.3 Å². The molecule has 0 unspecified atom stereocenters. The number of morpholine rings is 1. The fraction of sp³-hybridized carbons (Fsp3) is 0.875. The topological polar surface area (TPSA) is 67.6 Å². The third-order valence-electron chi connectivity index (χ3n) is 2.32. The summed E-state index contributed by atoms with van der Waals surface area (Å²) in [5.41, 5.74) is 2.19. The average Bonchev–Trinajstić information content (AvgIpc) is 2.20. The highest BCUT2D eigenvalue weighted by atomic mass is 16.5. The van der Waals surface area contributed by atoms with Gasteiger partial charge in [-0.15, -0.1) is 0 Å². The van der Waals surface area contributed by atoms with Gasteiger partial charge in [-0.1, -0.05) is 6.92 Å². The summed E-state index contributed by atoms with van der Waals surface area (Å²) in [7, 11) is 0. The van der Waals surface area contributed by atoms with Crippen LogP contribution >= 0.6 is 0 Å². The molecule has 13 heavy (non-hydrogen) atoms. The zero-order chi connectivity index (χ0) is 9.68. The highest BCUT2D eigenvalue weighted by Gasteiger charge is 2.24. The molecule has 1 aliphatic rings. The van der Waals surface area contributed by atoms with E-state index in [1.807, 2.05) is 6.92 Å². The van der Waals surface area contributed by atoms with E-state index in [1.54, 1.807) is 0 Å². The number of nitrogens with zero attached hydrogens (tertiary/aromatic N) is 1.